The van der Waals surface area contributed by atoms with Crippen molar-refractivity contribution < 1.29 is 22.7 Å². The van der Waals surface area contributed by atoms with Gasteiger partial charge in [0.2, 0.25) is 10.0 Å². The molecule has 1 aromatic carbocycles. The standard InChI is InChI=1S/C19H26N2O5S/c1-4-8-20-18(22)13-26-19(23)16-6-5-7-17(10-16)27(24,25)21-11-14(2)9-15(3)12-21/h4-7,10,14-15H,1,8-9,11-13H2,2-3H3,(H,20,22). The van der Waals surface area contributed by atoms with E-state index in [1.807, 2.05) is 13.8 Å². The van der Waals surface area contributed by atoms with Gasteiger partial charge in [-0.2, -0.15) is 4.31 Å². The van der Waals surface area contributed by atoms with Gasteiger partial charge in [-0.15, -0.1) is 6.58 Å². The van der Waals surface area contributed by atoms with E-state index in [-0.39, 0.29) is 28.8 Å². The normalized spacial score (nSPS) is 20.7. The topological polar surface area (TPSA) is 92.8 Å². The lowest BCUT2D eigenvalue weighted by Gasteiger charge is -2.34. The van der Waals surface area contributed by atoms with Crippen molar-refractivity contribution in [1.29, 1.82) is 0 Å². The molecule has 1 saturated heterocycles. The van der Waals surface area contributed by atoms with Crippen LogP contribution in [-0.2, 0) is 19.6 Å². The minimum Gasteiger partial charge on any atom is -0.452 e. The van der Waals surface area contributed by atoms with E-state index >= 15 is 0 Å². The van der Waals surface area contributed by atoms with Crippen LogP contribution in [0.2, 0.25) is 0 Å². The second-order valence-electron chi connectivity index (χ2n) is 6.96. The second-order valence-corrected chi connectivity index (χ2v) is 8.90. The van der Waals surface area contributed by atoms with Crippen molar-refractivity contribution in [1.82, 2.24) is 9.62 Å². The number of benzene rings is 1. The average molecular weight is 394 g/mol. The summed E-state index contributed by atoms with van der Waals surface area (Å²) in [5.74, 6) is -0.638. The third-order valence-electron chi connectivity index (χ3n) is 4.32. The van der Waals surface area contributed by atoms with E-state index in [0.29, 0.717) is 13.1 Å². The Hall–Kier alpha value is -2.19. The van der Waals surface area contributed by atoms with Crippen LogP contribution in [-0.4, -0.2) is 50.8 Å². The molecule has 2 unspecified atom stereocenters. The van der Waals surface area contributed by atoms with E-state index in [4.69, 9.17) is 4.74 Å². The first-order valence-electron chi connectivity index (χ1n) is 8.89. The number of ether oxygens (including phenoxy) is 1. The molecule has 1 aliphatic rings. The summed E-state index contributed by atoms with van der Waals surface area (Å²) in [6, 6.07) is 5.72. The fourth-order valence-electron chi connectivity index (χ4n) is 3.19. The highest BCUT2D eigenvalue weighted by atomic mass is 32.2. The summed E-state index contributed by atoms with van der Waals surface area (Å²) in [5.41, 5.74) is 0.0886. The SMILES string of the molecule is C=CCNC(=O)COC(=O)c1cccc(S(=O)(=O)N2CC(C)CC(C)C2)c1. The highest BCUT2D eigenvalue weighted by molar-refractivity contribution is 7.89. The van der Waals surface area contributed by atoms with Crippen molar-refractivity contribution in [3.05, 3.63) is 42.5 Å². The second kappa shape index (κ2) is 9.14. The number of rotatable bonds is 7. The molecule has 1 fully saturated rings. The quantitative estimate of drug-likeness (QED) is 0.562. The average Bonchev–Trinajstić information content (AvgIpc) is 2.63. The Bertz CT molecular complexity index is 796. The highest BCUT2D eigenvalue weighted by Crippen LogP contribution is 2.27. The van der Waals surface area contributed by atoms with Crippen LogP contribution in [0.1, 0.15) is 30.6 Å². The first kappa shape index (κ1) is 21.1. The van der Waals surface area contributed by atoms with Crippen LogP contribution >= 0.6 is 0 Å². The smallest absolute Gasteiger partial charge is 0.338 e. The molecule has 1 amide bonds. The predicted octanol–water partition coefficient (Wildman–Crippen LogP) is 1.81. The Kier molecular flexibility index (Phi) is 7.15. The van der Waals surface area contributed by atoms with E-state index in [1.54, 1.807) is 0 Å². The Morgan fingerprint density at radius 3 is 2.59 bits per heavy atom. The molecule has 8 heteroatoms. The largest absolute Gasteiger partial charge is 0.452 e. The van der Waals surface area contributed by atoms with Gasteiger partial charge >= 0.3 is 5.97 Å². The monoisotopic (exact) mass is 394 g/mol. The summed E-state index contributed by atoms with van der Waals surface area (Å²) in [4.78, 5) is 23.7. The van der Waals surface area contributed by atoms with Crippen LogP contribution < -0.4 is 5.32 Å². The molecule has 2 atom stereocenters. The number of piperidine rings is 1. The van der Waals surface area contributed by atoms with Gasteiger partial charge in [0, 0.05) is 19.6 Å². The van der Waals surface area contributed by atoms with E-state index in [9.17, 15) is 18.0 Å². The molecule has 0 saturated carbocycles. The lowest BCUT2D eigenvalue weighted by molar-refractivity contribution is -0.124. The molecule has 1 heterocycles. The number of sulfonamides is 1. The van der Waals surface area contributed by atoms with E-state index in [0.717, 1.165) is 6.42 Å². The van der Waals surface area contributed by atoms with Crippen LogP contribution in [0.5, 0.6) is 0 Å². The third-order valence-corrected chi connectivity index (χ3v) is 6.15. The van der Waals surface area contributed by atoms with Gasteiger partial charge < -0.3 is 10.1 Å². The summed E-state index contributed by atoms with van der Waals surface area (Å²) in [6.07, 6.45) is 2.50. The van der Waals surface area contributed by atoms with Gasteiger partial charge in [0.1, 0.15) is 0 Å². The summed E-state index contributed by atoms with van der Waals surface area (Å²) < 4.78 is 32.3. The molecule has 0 bridgehead atoms. The number of hydrogen-bond acceptors (Lipinski definition) is 5. The fourth-order valence-corrected chi connectivity index (χ4v) is 4.91. The Labute approximate surface area is 160 Å². The van der Waals surface area contributed by atoms with Crippen LogP contribution in [0.25, 0.3) is 0 Å². The summed E-state index contributed by atoms with van der Waals surface area (Å²) in [7, 11) is -3.69. The van der Waals surface area contributed by atoms with Crippen LogP contribution in [0, 0.1) is 11.8 Å². The van der Waals surface area contributed by atoms with Gasteiger partial charge in [0.05, 0.1) is 10.5 Å². The lowest BCUT2D eigenvalue weighted by Crippen LogP contribution is -2.42. The Balaban J connectivity index is 2.10. The van der Waals surface area contributed by atoms with Crippen LogP contribution in [0.3, 0.4) is 0 Å². The van der Waals surface area contributed by atoms with Gasteiger partial charge in [-0.1, -0.05) is 26.0 Å². The van der Waals surface area contributed by atoms with E-state index < -0.39 is 28.5 Å². The van der Waals surface area contributed by atoms with Crippen molar-refractivity contribution >= 4 is 21.9 Å². The maximum Gasteiger partial charge on any atom is 0.338 e. The zero-order chi connectivity index (χ0) is 20.0. The molecule has 0 spiro atoms. The molecular weight excluding hydrogens is 368 g/mol. The fraction of sp³-hybridized carbons (Fsp3) is 0.474. The molecule has 7 nitrogen and oxygen atoms in total. The number of nitrogens with one attached hydrogen (secondary N) is 1. The third kappa shape index (κ3) is 5.64. The first-order valence-corrected chi connectivity index (χ1v) is 10.3. The van der Waals surface area contributed by atoms with Gasteiger partial charge in [-0.25, -0.2) is 13.2 Å². The van der Waals surface area contributed by atoms with Crippen molar-refractivity contribution in [2.24, 2.45) is 11.8 Å². The van der Waals surface area contributed by atoms with Gasteiger partial charge in [0.25, 0.3) is 5.91 Å². The zero-order valence-corrected chi connectivity index (χ0v) is 16.5. The van der Waals surface area contributed by atoms with Crippen molar-refractivity contribution in [2.75, 3.05) is 26.2 Å². The Morgan fingerprint density at radius 2 is 1.96 bits per heavy atom. The predicted molar refractivity (Wildman–Crippen MR) is 102 cm³/mol. The van der Waals surface area contributed by atoms with Crippen molar-refractivity contribution in [3.63, 3.8) is 0 Å². The molecule has 1 N–H and O–H groups in total. The number of amides is 1. The van der Waals surface area contributed by atoms with Gasteiger partial charge in [-0.3, -0.25) is 4.79 Å². The van der Waals surface area contributed by atoms with Crippen molar-refractivity contribution in [3.8, 4) is 0 Å². The van der Waals surface area contributed by atoms with Crippen LogP contribution in [0.4, 0.5) is 0 Å². The Morgan fingerprint density at radius 1 is 1.30 bits per heavy atom. The van der Waals surface area contributed by atoms with E-state index in [2.05, 4.69) is 11.9 Å². The zero-order valence-electron chi connectivity index (χ0n) is 15.7. The summed E-state index contributed by atoms with van der Waals surface area (Å²) in [6.45, 7) is 8.30. The molecule has 27 heavy (non-hydrogen) atoms. The number of esters is 1. The lowest BCUT2D eigenvalue weighted by atomic mass is 9.94. The molecular formula is C19H26N2O5S. The van der Waals surface area contributed by atoms with Gasteiger partial charge in [-0.05, 0) is 36.5 Å². The molecule has 0 aromatic heterocycles. The minimum absolute atomic E-state index is 0.0503. The highest BCUT2D eigenvalue weighted by Gasteiger charge is 2.32. The maximum absolute atomic E-state index is 12.9. The molecule has 1 aromatic rings. The summed E-state index contributed by atoms with van der Waals surface area (Å²) >= 11 is 0. The minimum atomic E-state index is -3.69. The molecule has 148 valence electrons. The number of carbonyl (C=O) groups is 2. The van der Waals surface area contributed by atoms with Crippen molar-refractivity contribution in [2.45, 2.75) is 25.2 Å². The number of nitrogens with zero attached hydrogens (tertiary/aromatic N) is 1. The number of carbonyl (C=O) groups excluding carboxylic acids is 2. The first-order chi connectivity index (χ1) is 12.7. The molecule has 2 rings (SSSR count). The molecule has 0 radical (unpaired) electrons. The van der Waals surface area contributed by atoms with E-state index in [1.165, 1.54) is 34.6 Å². The van der Waals surface area contributed by atoms with Gasteiger partial charge in [0.15, 0.2) is 6.61 Å². The number of hydrogen-bond donors (Lipinski definition) is 1. The van der Waals surface area contributed by atoms with Crippen LogP contribution in [0.15, 0.2) is 41.8 Å². The maximum atomic E-state index is 12.9. The molecule has 0 aliphatic carbocycles. The molecule has 1 aliphatic heterocycles. The summed E-state index contributed by atoms with van der Waals surface area (Å²) in [5, 5.41) is 2.49.